The topological polar surface area (TPSA) is 26.0 Å². The number of rotatable bonds is 4. The van der Waals surface area contributed by atoms with E-state index in [0.717, 1.165) is 11.7 Å². The Kier molecular flexibility index (Phi) is 5.57. The normalized spacial score (nSPS) is 19.0. The minimum absolute atomic E-state index is 0.238. The summed E-state index contributed by atoms with van der Waals surface area (Å²) in [5, 5.41) is 0. The summed E-state index contributed by atoms with van der Waals surface area (Å²) in [4.78, 5) is 1.35. The highest BCUT2D eigenvalue weighted by Crippen LogP contribution is 2.30. The van der Waals surface area contributed by atoms with E-state index in [1.54, 1.807) is 0 Å². The lowest BCUT2D eigenvalue weighted by Crippen LogP contribution is -2.33. The molecular formula is C18H29NS. The summed E-state index contributed by atoms with van der Waals surface area (Å²) in [7, 11) is 0. The molecule has 1 fully saturated rings. The van der Waals surface area contributed by atoms with Crippen molar-refractivity contribution in [3.63, 3.8) is 0 Å². The first-order valence-corrected chi connectivity index (χ1v) is 8.94. The largest absolute Gasteiger partial charge is 0.327 e. The van der Waals surface area contributed by atoms with Crippen LogP contribution >= 0.6 is 11.8 Å². The molecule has 2 N–H and O–H groups in total. The number of hydrogen-bond acceptors (Lipinski definition) is 2. The fraction of sp³-hybridized carbons (Fsp3) is 0.667. The Morgan fingerprint density at radius 2 is 1.70 bits per heavy atom. The van der Waals surface area contributed by atoms with E-state index < -0.39 is 0 Å². The summed E-state index contributed by atoms with van der Waals surface area (Å²) in [6.45, 7) is 6.77. The molecular weight excluding hydrogens is 262 g/mol. The van der Waals surface area contributed by atoms with Crippen molar-refractivity contribution in [1.29, 1.82) is 0 Å². The van der Waals surface area contributed by atoms with Crippen LogP contribution in [0.25, 0.3) is 0 Å². The summed E-state index contributed by atoms with van der Waals surface area (Å²) in [5.41, 5.74) is 8.01. The zero-order valence-electron chi connectivity index (χ0n) is 13.2. The minimum atomic E-state index is 0.238. The molecule has 1 saturated carbocycles. The molecule has 112 valence electrons. The SMILES string of the molecule is CC(C)(C)c1ccc(SCC(N)C2CCCCC2)cc1. The Labute approximate surface area is 128 Å². The summed E-state index contributed by atoms with van der Waals surface area (Å²) in [6, 6.07) is 9.38. The maximum absolute atomic E-state index is 6.37. The summed E-state index contributed by atoms with van der Waals surface area (Å²) in [5.74, 6) is 1.81. The van der Waals surface area contributed by atoms with Gasteiger partial charge in [0.1, 0.15) is 0 Å². The molecule has 0 heterocycles. The van der Waals surface area contributed by atoms with E-state index in [4.69, 9.17) is 5.73 Å². The lowest BCUT2D eigenvalue weighted by molar-refractivity contribution is 0.319. The van der Waals surface area contributed by atoms with Crippen molar-refractivity contribution >= 4 is 11.8 Å². The molecule has 2 heteroatoms. The van der Waals surface area contributed by atoms with Crippen molar-refractivity contribution in [2.24, 2.45) is 11.7 Å². The number of thioether (sulfide) groups is 1. The van der Waals surface area contributed by atoms with Gasteiger partial charge in [-0.1, -0.05) is 52.2 Å². The first-order chi connectivity index (χ1) is 9.47. The summed E-state index contributed by atoms with van der Waals surface area (Å²) in [6.07, 6.45) is 6.84. The first-order valence-electron chi connectivity index (χ1n) is 7.96. The lowest BCUT2D eigenvalue weighted by Gasteiger charge is -2.27. The Morgan fingerprint density at radius 1 is 1.10 bits per heavy atom. The van der Waals surface area contributed by atoms with Crippen molar-refractivity contribution in [2.75, 3.05) is 5.75 Å². The Balaban J connectivity index is 1.84. The zero-order chi connectivity index (χ0) is 14.6. The predicted molar refractivity (Wildman–Crippen MR) is 90.4 cm³/mol. The second kappa shape index (κ2) is 7.00. The molecule has 2 rings (SSSR count). The summed E-state index contributed by atoms with van der Waals surface area (Å²) >= 11 is 1.92. The van der Waals surface area contributed by atoms with Crippen LogP contribution in [0, 0.1) is 5.92 Å². The first kappa shape index (κ1) is 15.9. The van der Waals surface area contributed by atoms with Gasteiger partial charge < -0.3 is 5.73 Å². The molecule has 1 nitrogen and oxygen atoms in total. The van der Waals surface area contributed by atoms with Crippen LogP contribution in [0.1, 0.15) is 58.4 Å². The van der Waals surface area contributed by atoms with Crippen LogP contribution in [0.2, 0.25) is 0 Å². The molecule has 1 aliphatic rings. The van der Waals surface area contributed by atoms with Crippen LogP contribution in [0.15, 0.2) is 29.2 Å². The maximum Gasteiger partial charge on any atom is 0.0162 e. The van der Waals surface area contributed by atoms with Crippen molar-refractivity contribution < 1.29 is 0 Å². The Morgan fingerprint density at radius 3 is 2.25 bits per heavy atom. The molecule has 0 radical (unpaired) electrons. The average Bonchev–Trinajstić information content (AvgIpc) is 2.45. The monoisotopic (exact) mass is 291 g/mol. The highest BCUT2D eigenvalue weighted by atomic mass is 32.2. The predicted octanol–water partition coefficient (Wildman–Crippen LogP) is 4.98. The van der Waals surface area contributed by atoms with Crippen LogP contribution in [0.5, 0.6) is 0 Å². The molecule has 1 unspecified atom stereocenters. The van der Waals surface area contributed by atoms with Gasteiger partial charge in [0.05, 0.1) is 0 Å². The van der Waals surface area contributed by atoms with Crippen molar-refractivity contribution in [3.05, 3.63) is 29.8 Å². The van der Waals surface area contributed by atoms with Gasteiger partial charge in [0.15, 0.2) is 0 Å². The average molecular weight is 292 g/mol. The minimum Gasteiger partial charge on any atom is -0.327 e. The standard InChI is InChI=1S/C18H29NS/c1-18(2,3)15-9-11-16(12-10-15)20-13-17(19)14-7-5-4-6-8-14/h9-12,14,17H,4-8,13,19H2,1-3H3. The van der Waals surface area contributed by atoms with Crippen LogP contribution in [0.4, 0.5) is 0 Å². The van der Waals surface area contributed by atoms with E-state index >= 15 is 0 Å². The molecule has 0 aliphatic heterocycles. The highest BCUT2D eigenvalue weighted by Gasteiger charge is 2.20. The van der Waals surface area contributed by atoms with Crippen molar-refractivity contribution in [3.8, 4) is 0 Å². The van der Waals surface area contributed by atoms with Gasteiger partial charge >= 0.3 is 0 Å². The van der Waals surface area contributed by atoms with Crippen LogP contribution in [-0.4, -0.2) is 11.8 Å². The molecule has 0 aromatic heterocycles. The molecule has 1 aromatic rings. The van der Waals surface area contributed by atoms with Gasteiger partial charge in [-0.2, -0.15) is 0 Å². The van der Waals surface area contributed by atoms with E-state index in [2.05, 4.69) is 45.0 Å². The quantitative estimate of drug-likeness (QED) is 0.791. The lowest BCUT2D eigenvalue weighted by atomic mass is 9.85. The van der Waals surface area contributed by atoms with Gasteiger partial charge in [0, 0.05) is 16.7 Å². The maximum atomic E-state index is 6.37. The Bertz CT molecular complexity index is 398. The molecule has 0 amide bonds. The van der Waals surface area contributed by atoms with Gasteiger partial charge in [-0.05, 0) is 41.9 Å². The highest BCUT2D eigenvalue weighted by molar-refractivity contribution is 7.99. The molecule has 1 aliphatic carbocycles. The van der Waals surface area contributed by atoms with Crippen molar-refractivity contribution in [1.82, 2.24) is 0 Å². The Hall–Kier alpha value is -0.470. The molecule has 1 atom stereocenters. The van der Waals surface area contributed by atoms with Gasteiger partial charge in [0.2, 0.25) is 0 Å². The second-order valence-corrected chi connectivity index (χ2v) is 8.24. The van der Waals surface area contributed by atoms with Crippen LogP contribution in [-0.2, 0) is 5.41 Å². The molecule has 0 saturated heterocycles. The third-order valence-corrected chi connectivity index (χ3v) is 5.58. The van der Waals surface area contributed by atoms with Crippen LogP contribution in [0.3, 0.4) is 0 Å². The molecule has 0 bridgehead atoms. The van der Waals surface area contributed by atoms with Gasteiger partial charge in [-0.25, -0.2) is 0 Å². The zero-order valence-corrected chi connectivity index (χ0v) is 14.0. The van der Waals surface area contributed by atoms with Crippen molar-refractivity contribution in [2.45, 2.75) is 69.2 Å². The number of benzene rings is 1. The fourth-order valence-corrected chi connectivity index (χ4v) is 3.93. The second-order valence-electron chi connectivity index (χ2n) is 7.15. The van der Waals surface area contributed by atoms with Gasteiger partial charge in [-0.15, -0.1) is 11.8 Å². The van der Waals surface area contributed by atoms with E-state index in [0.29, 0.717) is 6.04 Å². The third kappa shape index (κ3) is 4.53. The van der Waals surface area contributed by atoms with Gasteiger partial charge in [0.25, 0.3) is 0 Å². The number of nitrogens with two attached hydrogens (primary N) is 1. The van der Waals surface area contributed by atoms with E-state index in [-0.39, 0.29) is 5.41 Å². The van der Waals surface area contributed by atoms with E-state index in [1.165, 1.54) is 42.6 Å². The van der Waals surface area contributed by atoms with Crippen LogP contribution < -0.4 is 5.73 Å². The third-order valence-electron chi connectivity index (χ3n) is 4.42. The van der Waals surface area contributed by atoms with E-state index in [1.807, 2.05) is 11.8 Å². The smallest absolute Gasteiger partial charge is 0.0162 e. The van der Waals surface area contributed by atoms with Gasteiger partial charge in [-0.3, -0.25) is 0 Å². The summed E-state index contributed by atoms with van der Waals surface area (Å²) < 4.78 is 0. The molecule has 0 spiro atoms. The number of hydrogen-bond donors (Lipinski definition) is 1. The fourth-order valence-electron chi connectivity index (χ4n) is 2.94. The molecule has 20 heavy (non-hydrogen) atoms. The van der Waals surface area contributed by atoms with E-state index in [9.17, 15) is 0 Å². The molecule has 1 aromatic carbocycles.